The summed E-state index contributed by atoms with van der Waals surface area (Å²) >= 11 is 0. The van der Waals surface area contributed by atoms with Gasteiger partial charge in [0.05, 0.1) is 0 Å². The Morgan fingerprint density at radius 3 is 2.86 bits per heavy atom. The molecule has 1 heterocycles. The van der Waals surface area contributed by atoms with Gasteiger partial charge in [-0.2, -0.15) is 0 Å². The van der Waals surface area contributed by atoms with Crippen molar-refractivity contribution < 1.29 is 9.90 Å². The summed E-state index contributed by atoms with van der Waals surface area (Å²) in [5.74, 6) is -0.123. The van der Waals surface area contributed by atoms with E-state index in [1.54, 1.807) is 0 Å². The van der Waals surface area contributed by atoms with Crippen molar-refractivity contribution in [1.82, 2.24) is 4.90 Å². The molecule has 1 fully saturated rings. The molecule has 0 spiro atoms. The van der Waals surface area contributed by atoms with Gasteiger partial charge in [0, 0.05) is 13.1 Å². The van der Waals surface area contributed by atoms with Crippen molar-refractivity contribution in [2.75, 3.05) is 19.6 Å². The zero-order chi connectivity index (χ0) is 10.6. The van der Waals surface area contributed by atoms with Crippen LogP contribution in [0.4, 0.5) is 0 Å². The number of rotatable bonds is 4. The SMILES string of the molecule is CCC1CCN(CCN)C(C(=O)O)C1. The number of aliphatic carboxylic acids is 1. The molecule has 0 amide bonds. The van der Waals surface area contributed by atoms with E-state index in [0.717, 1.165) is 25.8 Å². The fraction of sp³-hybridized carbons (Fsp3) is 0.900. The first kappa shape index (κ1) is 11.5. The van der Waals surface area contributed by atoms with Gasteiger partial charge in [-0.3, -0.25) is 9.69 Å². The average Bonchev–Trinajstić information content (AvgIpc) is 2.18. The monoisotopic (exact) mass is 200 g/mol. The number of likely N-dealkylation sites (tertiary alicyclic amines) is 1. The third-order valence-corrected chi connectivity index (χ3v) is 3.10. The van der Waals surface area contributed by atoms with Crippen molar-refractivity contribution in [1.29, 1.82) is 0 Å². The lowest BCUT2D eigenvalue weighted by Crippen LogP contribution is -2.48. The van der Waals surface area contributed by atoms with E-state index >= 15 is 0 Å². The van der Waals surface area contributed by atoms with Crippen molar-refractivity contribution in [2.24, 2.45) is 11.7 Å². The van der Waals surface area contributed by atoms with Crippen LogP contribution in [0.3, 0.4) is 0 Å². The van der Waals surface area contributed by atoms with Crippen LogP contribution in [0.5, 0.6) is 0 Å². The number of carboxylic acid groups (broad SMARTS) is 1. The molecular weight excluding hydrogens is 180 g/mol. The molecule has 4 nitrogen and oxygen atoms in total. The van der Waals surface area contributed by atoms with E-state index in [9.17, 15) is 4.79 Å². The van der Waals surface area contributed by atoms with Gasteiger partial charge in [-0.1, -0.05) is 13.3 Å². The quantitative estimate of drug-likeness (QED) is 0.694. The van der Waals surface area contributed by atoms with E-state index in [0.29, 0.717) is 19.0 Å². The number of nitrogens with zero attached hydrogens (tertiary/aromatic N) is 1. The topological polar surface area (TPSA) is 66.6 Å². The van der Waals surface area contributed by atoms with Gasteiger partial charge in [-0.25, -0.2) is 0 Å². The maximum absolute atomic E-state index is 11.0. The summed E-state index contributed by atoms with van der Waals surface area (Å²) < 4.78 is 0. The molecule has 0 saturated carbocycles. The molecule has 1 saturated heterocycles. The highest BCUT2D eigenvalue weighted by atomic mass is 16.4. The van der Waals surface area contributed by atoms with Crippen LogP contribution in [0.2, 0.25) is 0 Å². The average molecular weight is 200 g/mol. The predicted octanol–water partition coefficient (Wildman–Crippen LogP) is 0.520. The third kappa shape index (κ3) is 2.69. The van der Waals surface area contributed by atoms with Crippen LogP contribution in [0.15, 0.2) is 0 Å². The van der Waals surface area contributed by atoms with Crippen LogP contribution in [-0.4, -0.2) is 41.7 Å². The van der Waals surface area contributed by atoms with Crippen molar-refractivity contribution in [3.05, 3.63) is 0 Å². The Morgan fingerprint density at radius 1 is 1.64 bits per heavy atom. The Labute approximate surface area is 85.1 Å². The molecule has 2 atom stereocenters. The fourth-order valence-corrected chi connectivity index (χ4v) is 2.15. The van der Waals surface area contributed by atoms with Crippen LogP contribution >= 0.6 is 0 Å². The summed E-state index contributed by atoms with van der Waals surface area (Å²) in [5.41, 5.74) is 5.45. The van der Waals surface area contributed by atoms with Crippen LogP contribution in [0, 0.1) is 5.92 Å². The molecule has 0 bridgehead atoms. The molecule has 14 heavy (non-hydrogen) atoms. The lowest BCUT2D eigenvalue weighted by Gasteiger charge is -2.36. The highest BCUT2D eigenvalue weighted by Crippen LogP contribution is 2.24. The molecule has 3 N–H and O–H groups in total. The lowest BCUT2D eigenvalue weighted by atomic mass is 9.89. The first-order valence-electron chi connectivity index (χ1n) is 5.36. The molecular formula is C10H20N2O2. The molecule has 1 aliphatic rings. The first-order chi connectivity index (χ1) is 6.69. The minimum Gasteiger partial charge on any atom is -0.480 e. The van der Waals surface area contributed by atoms with Gasteiger partial charge in [0.2, 0.25) is 0 Å². The summed E-state index contributed by atoms with van der Waals surface area (Å²) in [6.07, 6.45) is 2.98. The Morgan fingerprint density at radius 2 is 2.36 bits per heavy atom. The smallest absolute Gasteiger partial charge is 0.320 e. The molecule has 82 valence electrons. The Balaban J connectivity index is 2.56. The molecule has 1 aliphatic heterocycles. The maximum atomic E-state index is 11.0. The molecule has 0 aromatic heterocycles. The third-order valence-electron chi connectivity index (χ3n) is 3.10. The first-order valence-corrected chi connectivity index (χ1v) is 5.36. The minimum atomic E-state index is -0.698. The number of hydrogen-bond donors (Lipinski definition) is 2. The summed E-state index contributed by atoms with van der Waals surface area (Å²) in [6.45, 7) is 4.25. The van der Waals surface area contributed by atoms with E-state index in [1.807, 2.05) is 4.90 Å². The lowest BCUT2D eigenvalue weighted by molar-refractivity contribution is -0.145. The van der Waals surface area contributed by atoms with E-state index in [2.05, 4.69) is 6.92 Å². The van der Waals surface area contributed by atoms with Gasteiger partial charge in [-0.15, -0.1) is 0 Å². The maximum Gasteiger partial charge on any atom is 0.320 e. The standard InChI is InChI=1S/C10H20N2O2/c1-2-8-3-5-12(6-4-11)9(7-8)10(13)14/h8-9H,2-7,11H2,1H3,(H,13,14). The van der Waals surface area contributed by atoms with Crippen molar-refractivity contribution >= 4 is 5.97 Å². The van der Waals surface area contributed by atoms with Gasteiger partial charge in [-0.05, 0) is 25.3 Å². The summed E-state index contributed by atoms with van der Waals surface area (Å²) in [4.78, 5) is 13.0. The van der Waals surface area contributed by atoms with Gasteiger partial charge >= 0.3 is 5.97 Å². The molecule has 0 aromatic carbocycles. The number of carbonyl (C=O) groups is 1. The largest absolute Gasteiger partial charge is 0.480 e. The van der Waals surface area contributed by atoms with Crippen molar-refractivity contribution in [3.63, 3.8) is 0 Å². The van der Waals surface area contributed by atoms with E-state index in [1.165, 1.54) is 0 Å². The minimum absolute atomic E-state index is 0.308. The van der Waals surface area contributed by atoms with Crippen LogP contribution in [0.25, 0.3) is 0 Å². The predicted molar refractivity (Wildman–Crippen MR) is 55.1 cm³/mol. The molecule has 1 rings (SSSR count). The Kier molecular flexibility index (Phi) is 4.35. The summed E-state index contributed by atoms with van der Waals surface area (Å²) in [5, 5.41) is 9.07. The highest BCUT2D eigenvalue weighted by Gasteiger charge is 2.31. The molecule has 0 aliphatic carbocycles. The van der Waals surface area contributed by atoms with E-state index in [-0.39, 0.29) is 6.04 Å². The highest BCUT2D eigenvalue weighted by molar-refractivity contribution is 5.73. The second-order valence-corrected chi connectivity index (χ2v) is 3.98. The Hall–Kier alpha value is -0.610. The number of carboxylic acids is 1. The second-order valence-electron chi connectivity index (χ2n) is 3.98. The summed E-state index contributed by atoms with van der Waals surface area (Å²) in [7, 11) is 0. The zero-order valence-electron chi connectivity index (χ0n) is 8.78. The van der Waals surface area contributed by atoms with E-state index in [4.69, 9.17) is 10.8 Å². The molecule has 2 unspecified atom stereocenters. The fourth-order valence-electron chi connectivity index (χ4n) is 2.15. The van der Waals surface area contributed by atoms with Gasteiger partial charge < -0.3 is 10.8 Å². The molecule has 0 radical (unpaired) electrons. The van der Waals surface area contributed by atoms with E-state index < -0.39 is 5.97 Å². The number of piperidine rings is 1. The Bertz CT molecular complexity index is 197. The van der Waals surface area contributed by atoms with Gasteiger partial charge in [0.1, 0.15) is 6.04 Å². The van der Waals surface area contributed by atoms with Crippen LogP contribution < -0.4 is 5.73 Å². The van der Waals surface area contributed by atoms with Gasteiger partial charge in [0.15, 0.2) is 0 Å². The van der Waals surface area contributed by atoms with Crippen LogP contribution in [-0.2, 0) is 4.79 Å². The van der Waals surface area contributed by atoms with Crippen molar-refractivity contribution in [3.8, 4) is 0 Å². The summed E-state index contributed by atoms with van der Waals surface area (Å²) in [6, 6.07) is -0.308. The van der Waals surface area contributed by atoms with Gasteiger partial charge in [0.25, 0.3) is 0 Å². The normalized spacial score (nSPS) is 29.0. The molecule has 4 heteroatoms. The van der Waals surface area contributed by atoms with Crippen molar-refractivity contribution in [2.45, 2.75) is 32.2 Å². The number of nitrogens with two attached hydrogens (primary N) is 1. The molecule has 0 aromatic rings. The zero-order valence-corrected chi connectivity index (χ0v) is 8.78. The number of hydrogen-bond acceptors (Lipinski definition) is 3. The van der Waals surface area contributed by atoms with Crippen LogP contribution in [0.1, 0.15) is 26.2 Å². The second kappa shape index (κ2) is 5.32.